The molecule has 1 fully saturated rings. The molecule has 3 heterocycles. The second-order valence-corrected chi connectivity index (χ2v) is 11.5. The largest absolute Gasteiger partial charge is 0.477 e. The van der Waals surface area contributed by atoms with Crippen LogP contribution in [0.1, 0.15) is 11.7 Å². The summed E-state index contributed by atoms with van der Waals surface area (Å²) in [5.74, 6) is -2.97. The molecule has 0 spiro atoms. The molecule has 2 aromatic rings. The van der Waals surface area contributed by atoms with Gasteiger partial charge >= 0.3 is 13.6 Å². The highest BCUT2D eigenvalue weighted by Crippen LogP contribution is 2.47. The van der Waals surface area contributed by atoms with Crippen LogP contribution in [-0.2, 0) is 18.9 Å². The average molecular weight is 542 g/mol. The highest BCUT2D eigenvalue weighted by Gasteiger charge is 2.55. The Bertz CT molecular complexity index is 1210. The molecule has 17 heteroatoms. The van der Waals surface area contributed by atoms with Gasteiger partial charge < -0.3 is 25.3 Å². The Kier molecular flexibility index (Phi) is 7.30. The first-order valence-electron chi connectivity index (χ1n) is 9.96. The molecule has 186 valence electrons. The number of fused-ring (bicyclic) bond motifs is 1. The third kappa shape index (κ3) is 5.42. The van der Waals surface area contributed by atoms with Gasteiger partial charge in [0, 0.05) is 11.0 Å². The van der Waals surface area contributed by atoms with Gasteiger partial charge in [-0.3, -0.25) is 19.1 Å². The first-order chi connectivity index (χ1) is 16.6. The average Bonchev–Trinajstić information content (AvgIpc) is 3.33. The van der Waals surface area contributed by atoms with E-state index in [0.29, 0.717) is 5.56 Å². The van der Waals surface area contributed by atoms with Crippen LogP contribution in [0.3, 0.4) is 0 Å². The first-order valence-corrected chi connectivity index (χ1v) is 13.7. The molecular formula is C18H19N6O8PS2. The summed E-state index contributed by atoms with van der Waals surface area (Å²) >= 11 is 1.96. The number of hydrogen-bond acceptors (Lipinski definition) is 10. The van der Waals surface area contributed by atoms with Crippen molar-refractivity contribution in [3.8, 4) is 0 Å². The van der Waals surface area contributed by atoms with E-state index in [1.807, 2.05) is 0 Å². The number of carboxylic acids is 1. The Morgan fingerprint density at radius 3 is 2.63 bits per heavy atom. The minimum atomic E-state index is -4.60. The van der Waals surface area contributed by atoms with E-state index in [-0.39, 0.29) is 16.5 Å². The second-order valence-electron chi connectivity index (χ2n) is 7.55. The van der Waals surface area contributed by atoms with E-state index >= 15 is 0 Å². The first kappa shape index (κ1) is 25.3. The second kappa shape index (κ2) is 10.1. The van der Waals surface area contributed by atoms with Crippen LogP contribution in [-0.4, -0.2) is 91.9 Å². The summed E-state index contributed by atoms with van der Waals surface area (Å²) < 4.78 is 11.8. The topological polar surface area (TPSA) is 219 Å². The van der Waals surface area contributed by atoms with Crippen molar-refractivity contribution in [3.05, 3.63) is 47.2 Å². The van der Waals surface area contributed by atoms with Gasteiger partial charge in [-0.1, -0.05) is 42.1 Å². The van der Waals surface area contributed by atoms with Gasteiger partial charge in [0.05, 0.1) is 6.16 Å². The van der Waals surface area contributed by atoms with Crippen LogP contribution in [0.25, 0.3) is 0 Å². The quantitative estimate of drug-likeness (QED) is 0.131. The van der Waals surface area contributed by atoms with E-state index in [1.165, 1.54) is 0 Å². The van der Waals surface area contributed by atoms with Gasteiger partial charge in [-0.2, -0.15) is 0 Å². The van der Waals surface area contributed by atoms with Gasteiger partial charge in [0.1, 0.15) is 17.1 Å². The Morgan fingerprint density at radius 2 is 2.03 bits per heavy atom. The van der Waals surface area contributed by atoms with Crippen molar-refractivity contribution >= 4 is 48.9 Å². The number of aromatic amines is 1. The number of aromatic nitrogens is 4. The minimum absolute atomic E-state index is 0.0168. The molecule has 1 aromatic carbocycles. The fraction of sp³-hybridized carbons (Fsp3) is 0.333. The van der Waals surface area contributed by atoms with Gasteiger partial charge in [-0.25, -0.2) is 9.89 Å². The number of hydrogen-bond donors (Lipinski definition) is 6. The smallest absolute Gasteiger partial charge is 0.352 e. The summed E-state index contributed by atoms with van der Waals surface area (Å²) in [7, 11) is -4.60. The predicted octanol–water partition coefficient (Wildman–Crippen LogP) is -0.690. The van der Waals surface area contributed by atoms with Crippen molar-refractivity contribution in [1.82, 2.24) is 30.8 Å². The number of rotatable bonds is 9. The molecule has 4 rings (SSSR count). The van der Waals surface area contributed by atoms with Crippen LogP contribution in [0.2, 0.25) is 0 Å². The van der Waals surface area contributed by atoms with E-state index in [2.05, 4.69) is 25.9 Å². The number of carboxylic acid groups (broad SMARTS) is 1. The lowest BCUT2D eigenvalue weighted by Crippen LogP contribution is -2.71. The minimum Gasteiger partial charge on any atom is -0.477 e. The zero-order valence-corrected chi connectivity index (χ0v) is 20.1. The van der Waals surface area contributed by atoms with Crippen molar-refractivity contribution in [1.29, 1.82) is 0 Å². The van der Waals surface area contributed by atoms with E-state index in [1.54, 1.807) is 30.3 Å². The third-order valence-corrected chi connectivity index (χ3v) is 8.76. The standard InChI is InChI=1S/C18H19N6O8PS2/c25-13(8-4-2-1-3-5-8)14(26)19-11-15(27)24-12(17(28)29)9(7-34-16(11)24)10(6-33(30,31)32)35-18-20-22-23-21-18/h1-5,10-11,13,16,25H,6-7H2,(H,19,26)(H,28,29)(H2,30,31,32)(H,20,21,22,23)/t10?,11-,13?,16+/m1/s1. The van der Waals surface area contributed by atoms with Crippen LogP contribution in [0.4, 0.5) is 0 Å². The highest BCUT2D eigenvalue weighted by molar-refractivity contribution is 8.01. The van der Waals surface area contributed by atoms with E-state index in [4.69, 9.17) is 0 Å². The summed E-state index contributed by atoms with van der Waals surface area (Å²) in [6.07, 6.45) is -2.22. The van der Waals surface area contributed by atoms with Gasteiger partial charge in [0.25, 0.3) is 11.8 Å². The van der Waals surface area contributed by atoms with Crippen LogP contribution in [0.5, 0.6) is 0 Å². The number of H-pyrrole nitrogens is 1. The molecule has 2 aliphatic heterocycles. The van der Waals surface area contributed by atoms with Crippen LogP contribution >= 0.6 is 31.1 Å². The molecule has 2 unspecified atom stereocenters. The number of aliphatic hydroxyl groups excluding tert-OH is 1. The number of benzene rings is 1. The molecule has 1 aromatic heterocycles. The predicted molar refractivity (Wildman–Crippen MR) is 122 cm³/mol. The van der Waals surface area contributed by atoms with Crippen molar-refractivity contribution in [2.24, 2.45) is 0 Å². The lowest BCUT2D eigenvalue weighted by molar-refractivity contribution is -0.151. The Hall–Kier alpha value is -2.75. The normalized spacial score (nSPS) is 21.7. The maximum Gasteiger partial charge on any atom is 0.352 e. The van der Waals surface area contributed by atoms with Crippen molar-refractivity contribution in [2.45, 2.75) is 27.9 Å². The summed E-state index contributed by atoms with van der Waals surface area (Å²) in [5.41, 5.74) is 0.0368. The maximum absolute atomic E-state index is 12.9. The van der Waals surface area contributed by atoms with E-state index < -0.39 is 60.0 Å². The lowest BCUT2D eigenvalue weighted by atomic mass is 10.0. The Morgan fingerprint density at radius 1 is 1.31 bits per heavy atom. The number of aliphatic carboxylic acids is 1. The van der Waals surface area contributed by atoms with Crippen LogP contribution in [0.15, 0.2) is 46.8 Å². The Balaban J connectivity index is 1.57. The molecule has 0 bridgehead atoms. The van der Waals surface area contributed by atoms with E-state index in [0.717, 1.165) is 28.4 Å². The summed E-state index contributed by atoms with van der Waals surface area (Å²) in [4.78, 5) is 57.6. The number of carbonyl (C=O) groups excluding carboxylic acids is 2. The maximum atomic E-state index is 12.9. The third-order valence-electron chi connectivity index (χ3n) is 5.23. The number of carbonyl (C=O) groups is 3. The van der Waals surface area contributed by atoms with Crippen molar-refractivity contribution in [3.63, 3.8) is 0 Å². The fourth-order valence-electron chi connectivity index (χ4n) is 3.68. The molecule has 0 radical (unpaired) electrons. The Labute approximate surface area is 205 Å². The number of tetrazole rings is 1. The monoisotopic (exact) mass is 542 g/mol. The SMILES string of the molecule is O=C(O)C1=C(C(CP(=O)(O)O)Sc2nnn[nH]2)CS[C@H]2[C@H](NC(=O)C(O)c3ccccc3)C(=O)N12. The molecule has 2 amide bonds. The number of nitrogens with one attached hydrogen (secondary N) is 2. The number of amides is 2. The molecule has 2 aliphatic rings. The van der Waals surface area contributed by atoms with Gasteiger partial charge in [0.2, 0.25) is 5.16 Å². The zero-order chi connectivity index (χ0) is 25.3. The van der Waals surface area contributed by atoms with Gasteiger partial charge in [-0.05, 0) is 21.6 Å². The molecule has 1 saturated heterocycles. The van der Waals surface area contributed by atoms with E-state index in [9.17, 15) is 38.9 Å². The molecule has 14 nitrogen and oxygen atoms in total. The molecule has 6 N–H and O–H groups in total. The number of aliphatic hydroxyl groups is 1. The molecular weight excluding hydrogens is 523 g/mol. The summed E-state index contributed by atoms with van der Waals surface area (Å²) in [5, 5.41) is 33.8. The lowest BCUT2D eigenvalue weighted by Gasteiger charge is -2.50. The molecule has 0 saturated carbocycles. The van der Waals surface area contributed by atoms with Crippen molar-refractivity contribution in [2.75, 3.05) is 11.9 Å². The van der Waals surface area contributed by atoms with Crippen molar-refractivity contribution < 1.29 is 38.9 Å². The number of β-lactam (4-membered cyclic amide) rings is 1. The number of nitrogens with zero attached hydrogens (tertiary/aromatic N) is 4. The van der Waals surface area contributed by atoms with Gasteiger partial charge in [0.15, 0.2) is 6.10 Å². The molecule has 35 heavy (non-hydrogen) atoms. The fourth-order valence-corrected chi connectivity index (χ4v) is 7.52. The molecule has 4 atom stereocenters. The van der Waals surface area contributed by atoms with Gasteiger partial charge in [-0.15, -0.1) is 16.9 Å². The number of thioether (sulfide) groups is 2. The van der Waals surface area contributed by atoms with Crippen LogP contribution < -0.4 is 5.32 Å². The van der Waals surface area contributed by atoms with Crippen LogP contribution in [0, 0.1) is 0 Å². The molecule has 0 aliphatic carbocycles. The summed E-state index contributed by atoms with van der Waals surface area (Å²) in [6, 6.07) is 7.03. The zero-order valence-electron chi connectivity index (χ0n) is 17.6. The highest BCUT2D eigenvalue weighted by atomic mass is 32.2. The summed E-state index contributed by atoms with van der Waals surface area (Å²) in [6.45, 7) is 0.